The Hall–Kier alpha value is -2.19. The Bertz CT molecular complexity index is 1110. The number of nitrogens with zero attached hydrogens (tertiary/aromatic N) is 2. The average molecular weight is 451 g/mol. The van der Waals surface area contributed by atoms with Crippen molar-refractivity contribution in [1.82, 2.24) is 9.55 Å². The van der Waals surface area contributed by atoms with E-state index in [0.29, 0.717) is 29.0 Å². The molecule has 3 aromatic rings. The Kier molecular flexibility index (Phi) is 5.50. The van der Waals surface area contributed by atoms with Crippen LogP contribution in [-0.4, -0.2) is 39.3 Å². The minimum Gasteiger partial charge on any atom is -0.493 e. The summed E-state index contributed by atoms with van der Waals surface area (Å²) in [4.78, 5) is 5.15. The number of alkyl halides is 3. The second-order valence-corrected chi connectivity index (χ2v) is 9.58. The molecule has 0 spiro atoms. The van der Waals surface area contributed by atoms with Gasteiger partial charge >= 0.3 is 6.18 Å². The molecular formula is C23H25F3N2O2S. The minimum absolute atomic E-state index is 0.503. The number of hydrogen-bond donors (Lipinski definition) is 1. The maximum atomic E-state index is 14.2. The number of benzene rings is 1. The maximum Gasteiger partial charge on any atom is 0.418 e. The van der Waals surface area contributed by atoms with Crippen LogP contribution in [0.2, 0.25) is 0 Å². The Labute approximate surface area is 183 Å². The van der Waals surface area contributed by atoms with Crippen molar-refractivity contribution >= 4 is 22.8 Å². The number of thioether (sulfide) groups is 1. The number of ether oxygens (including phenoxy) is 1. The van der Waals surface area contributed by atoms with E-state index in [4.69, 9.17) is 4.74 Å². The molecule has 0 amide bonds. The van der Waals surface area contributed by atoms with Crippen molar-refractivity contribution in [3.8, 4) is 5.75 Å². The van der Waals surface area contributed by atoms with Gasteiger partial charge in [0.05, 0.1) is 24.2 Å². The van der Waals surface area contributed by atoms with Crippen molar-refractivity contribution in [1.29, 1.82) is 0 Å². The first-order valence-electron chi connectivity index (χ1n) is 10.1. The number of aliphatic hydroxyl groups is 1. The van der Waals surface area contributed by atoms with Crippen molar-refractivity contribution in [2.75, 3.05) is 12.9 Å². The van der Waals surface area contributed by atoms with Crippen LogP contribution in [0.4, 0.5) is 13.2 Å². The Morgan fingerprint density at radius 3 is 2.71 bits per heavy atom. The molecule has 0 fully saturated rings. The van der Waals surface area contributed by atoms with Crippen LogP contribution in [-0.2, 0) is 18.4 Å². The minimum atomic E-state index is -4.82. The molecule has 1 unspecified atom stereocenters. The Morgan fingerprint density at radius 1 is 1.23 bits per heavy atom. The van der Waals surface area contributed by atoms with E-state index in [1.165, 1.54) is 10.8 Å². The number of hydrogen-bond acceptors (Lipinski definition) is 4. The first-order valence-corrected chi connectivity index (χ1v) is 11.3. The molecule has 1 aromatic carbocycles. The van der Waals surface area contributed by atoms with Crippen molar-refractivity contribution in [2.24, 2.45) is 0 Å². The summed E-state index contributed by atoms with van der Waals surface area (Å²) < 4.78 is 50.0. The molecule has 166 valence electrons. The van der Waals surface area contributed by atoms with Gasteiger partial charge in [0.25, 0.3) is 0 Å². The van der Waals surface area contributed by atoms with Crippen molar-refractivity contribution in [3.63, 3.8) is 0 Å². The highest BCUT2D eigenvalue weighted by Gasteiger charge is 2.56. The third-order valence-corrected chi connectivity index (χ3v) is 6.66. The van der Waals surface area contributed by atoms with Crippen LogP contribution in [0.3, 0.4) is 0 Å². The van der Waals surface area contributed by atoms with E-state index in [-0.39, 0.29) is 0 Å². The largest absolute Gasteiger partial charge is 0.493 e. The fourth-order valence-electron chi connectivity index (χ4n) is 4.41. The van der Waals surface area contributed by atoms with E-state index in [2.05, 4.69) is 4.98 Å². The van der Waals surface area contributed by atoms with Crippen LogP contribution < -0.4 is 4.74 Å². The molecule has 0 aliphatic carbocycles. The molecule has 0 radical (unpaired) electrons. The van der Waals surface area contributed by atoms with Gasteiger partial charge in [-0.05, 0) is 54.0 Å². The summed E-state index contributed by atoms with van der Waals surface area (Å²) in [5, 5.41) is 11.0. The molecule has 4 nitrogen and oxygen atoms in total. The van der Waals surface area contributed by atoms with E-state index in [1.807, 2.05) is 18.4 Å². The normalized spacial score (nSPS) is 16.2. The molecule has 0 saturated heterocycles. The summed E-state index contributed by atoms with van der Waals surface area (Å²) in [6, 6.07) is 8.94. The first kappa shape index (κ1) is 22.0. The molecule has 1 aliphatic rings. The molecule has 31 heavy (non-hydrogen) atoms. The summed E-state index contributed by atoms with van der Waals surface area (Å²) in [5.74, 6) is 0.655. The molecule has 8 heteroatoms. The van der Waals surface area contributed by atoms with E-state index >= 15 is 0 Å². The summed E-state index contributed by atoms with van der Waals surface area (Å²) in [5.41, 5.74) is -1.06. The molecular weight excluding hydrogens is 425 g/mol. The lowest BCUT2D eigenvalue weighted by Crippen LogP contribution is -2.52. The fraction of sp³-hybridized carbons (Fsp3) is 0.435. The number of halogens is 3. The lowest BCUT2D eigenvalue weighted by molar-refractivity contribution is -0.271. The van der Waals surface area contributed by atoms with Crippen LogP contribution in [0, 0.1) is 0 Å². The second kappa shape index (κ2) is 7.74. The smallest absolute Gasteiger partial charge is 0.418 e. The quantitative estimate of drug-likeness (QED) is 0.514. The van der Waals surface area contributed by atoms with Gasteiger partial charge < -0.3 is 14.4 Å². The van der Waals surface area contributed by atoms with E-state index in [0.717, 1.165) is 16.9 Å². The Balaban J connectivity index is 1.74. The number of pyridine rings is 1. The van der Waals surface area contributed by atoms with Gasteiger partial charge in [-0.2, -0.15) is 13.2 Å². The predicted octanol–water partition coefficient (Wildman–Crippen LogP) is 5.35. The van der Waals surface area contributed by atoms with Crippen LogP contribution in [0.1, 0.15) is 31.4 Å². The van der Waals surface area contributed by atoms with Gasteiger partial charge in [0.2, 0.25) is 0 Å². The van der Waals surface area contributed by atoms with Crippen LogP contribution in [0.15, 0.2) is 47.6 Å². The highest BCUT2D eigenvalue weighted by atomic mass is 32.2. The summed E-state index contributed by atoms with van der Waals surface area (Å²) in [6.07, 6.45) is 0.479. The zero-order chi connectivity index (χ0) is 22.4. The first-order chi connectivity index (χ1) is 14.5. The summed E-state index contributed by atoms with van der Waals surface area (Å²) in [7, 11) is 0. The summed E-state index contributed by atoms with van der Waals surface area (Å²) >= 11 is 1.54. The van der Waals surface area contributed by atoms with Crippen LogP contribution in [0.25, 0.3) is 11.0 Å². The maximum absolute atomic E-state index is 14.2. The highest BCUT2D eigenvalue weighted by Crippen LogP contribution is 2.47. The van der Waals surface area contributed by atoms with Gasteiger partial charge in [-0.15, -0.1) is 11.8 Å². The zero-order valence-electron chi connectivity index (χ0n) is 17.7. The van der Waals surface area contributed by atoms with Crippen molar-refractivity contribution < 1.29 is 23.0 Å². The van der Waals surface area contributed by atoms with E-state index < -0.39 is 30.2 Å². The SMILES string of the molecule is CSc1cc2c(c(C(C)(C)CC(O)(Cn3ccc4ncccc43)C(F)(F)F)c1)OCC2. The van der Waals surface area contributed by atoms with Gasteiger partial charge in [-0.1, -0.05) is 13.8 Å². The molecule has 0 bridgehead atoms. The van der Waals surface area contributed by atoms with E-state index in [1.54, 1.807) is 50.0 Å². The van der Waals surface area contributed by atoms with Crippen molar-refractivity contribution in [2.45, 2.75) is 55.3 Å². The van der Waals surface area contributed by atoms with Crippen LogP contribution >= 0.6 is 11.8 Å². The van der Waals surface area contributed by atoms with Gasteiger partial charge in [0.1, 0.15) is 5.75 Å². The van der Waals surface area contributed by atoms with Crippen molar-refractivity contribution in [3.05, 3.63) is 53.9 Å². The third-order valence-electron chi connectivity index (χ3n) is 5.95. The van der Waals surface area contributed by atoms with E-state index in [9.17, 15) is 18.3 Å². The monoisotopic (exact) mass is 450 g/mol. The standard InChI is InChI=1S/C23H25F3N2O2S/c1-21(2,17-12-16(31-3)11-15-7-10-30-20(15)17)13-22(29,23(24,25)26)14-28-9-6-18-19(28)5-4-8-27-18/h4-6,8-9,11-12,29H,7,10,13-14H2,1-3H3. The van der Waals surface area contributed by atoms with Gasteiger partial charge in [0, 0.05) is 29.3 Å². The molecule has 1 aliphatic heterocycles. The molecule has 1 N–H and O–H groups in total. The van der Waals surface area contributed by atoms with Gasteiger partial charge in [-0.3, -0.25) is 4.98 Å². The molecule has 4 rings (SSSR count). The molecule has 3 heterocycles. The lowest BCUT2D eigenvalue weighted by Gasteiger charge is -2.38. The van der Waals surface area contributed by atoms with Gasteiger partial charge in [-0.25, -0.2) is 0 Å². The third kappa shape index (κ3) is 4.03. The zero-order valence-corrected chi connectivity index (χ0v) is 18.5. The highest BCUT2D eigenvalue weighted by molar-refractivity contribution is 7.98. The lowest BCUT2D eigenvalue weighted by atomic mass is 9.74. The van der Waals surface area contributed by atoms with Gasteiger partial charge in [0.15, 0.2) is 5.60 Å². The average Bonchev–Trinajstić information content (AvgIpc) is 3.33. The number of rotatable bonds is 6. The van der Waals surface area contributed by atoms with Crippen LogP contribution in [0.5, 0.6) is 5.75 Å². The topological polar surface area (TPSA) is 47.3 Å². The second-order valence-electron chi connectivity index (χ2n) is 8.70. The molecule has 2 aromatic heterocycles. The predicted molar refractivity (Wildman–Crippen MR) is 116 cm³/mol. The number of aromatic nitrogens is 2. The fourth-order valence-corrected chi connectivity index (χ4v) is 4.91. The summed E-state index contributed by atoms with van der Waals surface area (Å²) in [6.45, 7) is 3.38. The molecule has 0 saturated carbocycles. The Morgan fingerprint density at radius 2 is 2.00 bits per heavy atom. The molecule has 1 atom stereocenters. The number of fused-ring (bicyclic) bond motifs is 2.